The van der Waals surface area contributed by atoms with Crippen LogP contribution < -0.4 is 0 Å². The van der Waals surface area contributed by atoms with Gasteiger partial charge in [0.1, 0.15) is 5.69 Å². The first-order chi connectivity index (χ1) is 9.56. The fraction of sp³-hybridized carbons (Fsp3) is 0.455. The Bertz CT molecular complexity index is 606. The number of hydrogen-bond donors (Lipinski definition) is 3. The second kappa shape index (κ2) is 5.80. The predicted molar refractivity (Wildman–Crippen MR) is 67.0 cm³/mol. The third-order valence-corrected chi connectivity index (χ3v) is 2.76. The summed E-state index contributed by atoms with van der Waals surface area (Å²) in [6, 6.07) is 0. The van der Waals surface area contributed by atoms with Crippen LogP contribution in [0.1, 0.15) is 17.4 Å². The topological polar surface area (TPSA) is 126 Å². The van der Waals surface area contributed by atoms with Gasteiger partial charge in [-0.15, -0.1) is 5.10 Å². The van der Waals surface area contributed by atoms with Crippen LogP contribution in [-0.2, 0) is 13.1 Å². The molecular weight excluding hydrogens is 266 g/mol. The van der Waals surface area contributed by atoms with E-state index in [9.17, 15) is 9.90 Å². The van der Waals surface area contributed by atoms with E-state index in [-0.39, 0.29) is 17.9 Å². The molecule has 2 rings (SSSR count). The number of carboxylic acids is 1. The van der Waals surface area contributed by atoms with Crippen molar-refractivity contribution in [1.29, 1.82) is 0 Å². The van der Waals surface area contributed by atoms with Crippen LogP contribution in [0.2, 0.25) is 0 Å². The lowest BCUT2D eigenvalue weighted by Gasteiger charge is -2.09. The van der Waals surface area contributed by atoms with Crippen LogP contribution in [0.25, 0.3) is 11.3 Å². The largest absolute Gasteiger partial charge is 0.476 e. The van der Waals surface area contributed by atoms with Crippen LogP contribution >= 0.6 is 0 Å². The molecule has 9 nitrogen and oxygen atoms in total. The van der Waals surface area contributed by atoms with Crippen molar-refractivity contribution in [2.24, 2.45) is 0 Å². The van der Waals surface area contributed by atoms with Crippen LogP contribution in [0.3, 0.4) is 0 Å². The molecule has 20 heavy (non-hydrogen) atoms. The highest BCUT2D eigenvalue weighted by Crippen LogP contribution is 2.22. The van der Waals surface area contributed by atoms with Crippen LogP contribution in [-0.4, -0.2) is 58.8 Å². The molecule has 2 aromatic rings. The zero-order valence-electron chi connectivity index (χ0n) is 10.8. The summed E-state index contributed by atoms with van der Waals surface area (Å²) >= 11 is 0. The number of aryl methyl sites for hydroxylation is 1. The fourth-order valence-electron chi connectivity index (χ4n) is 1.79. The Morgan fingerprint density at radius 3 is 2.80 bits per heavy atom. The van der Waals surface area contributed by atoms with Gasteiger partial charge in [0.25, 0.3) is 0 Å². The quantitative estimate of drug-likeness (QED) is 0.633. The Labute approximate surface area is 114 Å². The fourth-order valence-corrected chi connectivity index (χ4v) is 1.79. The van der Waals surface area contributed by atoms with Gasteiger partial charge in [-0.3, -0.25) is 4.68 Å². The molecule has 9 heteroatoms. The normalized spacial score (nSPS) is 12.6. The Hall–Kier alpha value is -2.26. The number of nitrogens with zero attached hydrogens (tertiary/aromatic N) is 5. The highest BCUT2D eigenvalue weighted by atomic mass is 16.4. The molecule has 0 bridgehead atoms. The summed E-state index contributed by atoms with van der Waals surface area (Å²) in [5, 5.41) is 38.9. The van der Waals surface area contributed by atoms with E-state index >= 15 is 0 Å². The number of hydrogen-bond acceptors (Lipinski definition) is 6. The maximum atomic E-state index is 11.2. The van der Waals surface area contributed by atoms with Crippen molar-refractivity contribution in [2.45, 2.75) is 26.1 Å². The molecule has 0 saturated heterocycles. The second-order valence-electron chi connectivity index (χ2n) is 4.20. The van der Waals surface area contributed by atoms with Gasteiger partial charge in [0, 0.05) is 18.3 Å². The average molecular weight is 281 g/mol. The maximum absolute atomic E-state index is 11.2. The molecule has 3 N–H and O–H groups in total. The first-order valence-electron chi connectivity index (χ1n) is 6.05. The Morgan fingerprint density at radius 1 is 1.50 bits per heavy atom. The maximum Gasteiger partial charge on any atom is 0.358 e. The van der Waals surface area contributed by atoms with Crippen molar-refractivity contribution in [3.8, 4) is 11.3 Å². The van der Waals surface area contributed by atoms with E-state index < -0.39 is 18.7 Å². The zero-order chi connectivity index (χ0) is 14.7. The summed E-state index contributed by atoms with van der Waals surface area (Å²) in [4.78, 5) is 11.2. The molecule has 0 saturated carbocycles. The summed E-state index contributed by atoms with van der Waals surface area (Å²) in [6.45, 7) is 2.04. The van der Waals surface area contributed by atoms with Crippen molar-refractivity contribution in [2.75, 3.05) is 6.61 Å². The summed E-state index contributed by atoms with van der Waals surface area (Å²) in [6.07, 6.45) is 2.14. The molecule has 2 aromatic heterocycles. The minimum absolute atomic E-state index is 0.0522. The molecule has 0 aliphatic carbocycles. The van der Waals surface area contributed by atoms with E-state index in [1.807, 2.05) is 6.92 Å². The standard InChI is InChI=1S/C11H15N5O4/c1-2-15-4-7(3-12-15)10-9(11(19)20)13-14-16(10)5-8(18)6-17/h3-4,8,17-18H,2,5-6H2,1H3,(H,19,20). The third-order valence-electron chi connectivity index (χ3n) is 2.76. The molecule has 0 radical (unpaired) electrons. The Balaban J connectivity index is 2.46. The van der Waals surface area contributed by atoms with Gasteiger partial charge < -0.3 is 15.3 Å². The number of carbonyl (C=O) groups is 1. The summed E-state index contributed by atoms with van der Waals surface area (Å²) in [5.41, 5.74) is 0.579. The first kappa shape index (κ1) is 14.2. The summed E-state index contributed by atoms with van der Waals surface area (Å²) in [5.74, 6) is -1.21. The number of carboxylic acid groups (broad SMARTS) is 1. The van der Waals surface area contributed by atoms with E-state index in [0.29, 0.717) is 12.1 Å². The van der Waals surface area contributed by atoms with Crippen molar-refractivity contribution in [3.63, 3.8) is 0 Å². The number of aliphatic hydroxyl groups is 2. The van der Waals surface area contributed by atoms with Crippen LogP contribution in [0.5, 0.6) is 0 Å². The summed E-state index contributed by atoms with van der Waals surface area (Å²) < 4.78 is 2.89. The molecule has 0 aromatic carbocycles. The number of aromatic carboxylic acids is 1. The van der Waals surface area contributed by atoms with E-state index in [0.717, 1.165) is 0 Å². The van der Waals surface area contributed by atoms with E-state index in [4.69, 9.17) is 10.2 Å². The van der Waals surface area contributed by atoms with Gasteiger partial charge in [-0.25, -0.2) is 9.48 Å². The van der Waals surface area contributed by atoms with Crippen LogP contribution in [0.4, 0.5) is 0 Å². The molecule has 0 aliphatic rings. The zero-order valence-corrected chi connectivity index (χ0v) is 10.8. The monoisotopic (exact) mass is 281 g/mol. The molecule has 0 spiro atoms. The van der Waals surface area contributed by atoms with Crippen molar-refractivity contribution < 1.29 is 20.1 Å². The Morgan fingerprint density at radius 2 is 2.25 bits per heavy atom. The average Bonchev–Trinajstić information content (AvgIpc) is 3.04. The molecule has 0 aliphatic heterocycles. The van der Waals surface area contributed by atoms with Gasteiger partial charge in [0.2, 0.25) is 0 Å². The van der Waals surface area contributed by atoms with Gasteiger partial charge in [0.15, 0.2) is 5.69 Å². The molecule has 0 fully saturated rings. The van der Waals surface area contributed by atoms with E-state index in [1.165, 1.54) is 10.9 Å². The second-order valence-corrected chi connectivity index (χ2v) is 4.20. The van der Waals surface area contributed by atoms with Crippen molar-refractivity contribution in [1.82, 2.24) is 24.8 Å². The first-order valence-corrected chi connectivity index (χ1v) is 6.05. The highest BCUT2D eigenvalue weighted by molar-refractivity contribution is 5.92. The molecule has 1 atom stereocenters. The number of aromatic nitrogens is 5. The van der Waals surface area contributed by atoms with Crippen molar-refractivity contribution in [3.05, 3.63) is 18.1 Å². The lowest BCUT2D eigenvalue weighted by Crippen LogP contribution is -2.21. The Kier molecular flexibility index (Phi) is 4.11. The lowest BCUT2D eigenvalue weighted by atomic mass is 10.2. The van der Waals surface area contributed by atoms with Crippen LogP contribution in [0, 0.1) is 0 Å². The van der Waals surface area contributed by atoms with Gasteiger partial charge in [0.05, 0.1) is 25.5 Å². The van der Waals surface area contributed by atoms with Crippen molar-refractivity contribution >= 4 is 5.97 Å². The minimum Gasteiger partial charge on any atom is -0.476 e. The highest BCUT2D eigenvalue weighted by Gasteiger charge is 2.22. The van der Waals surface area contributed by atoms with Gasteiger partial charge in [-0.05, 0) is 6.92 Å². The predicted octanol–water partition coefficient (Wildman–Crippen LogP) is -0.787. The van der Waals surface area contributed by atoms with Gasteiger partial charge >= 0.3 is 5.97 Å². The molecule has 1 unspecified atom stereocenters. The molecular formula is C11H15N5O4. The molecule has 108 valence electrons. The molecule has 2 heterocycles. The lowest BCUT2D eigenvalue weighted by molar-refractivity contribution is 0.0690. The van der Waals surface area contributed by atoms with Gasteiger partial charge in [-0.2, -0.15) is 5.10 Å². The van der Waals surface area contributed by atoms with Gasteiger partial charge in [-0.1, -0.05) is 5.21 Å². The SMILES string of the molecule is CCn1cc(-c2c(C(=O)O)nnn2CC(O)CO)cn1. The van der Waals surface area contributed by atoms with E-state index in [1.54, 1.807) is 10.9 Å². The minimum atomic E-state index is -1.21. The smallest absolute Gasteiger partial charge is 0.358 e. The molecule has 0 amide bonds. The van der Waals surface area contributed by atoms with Crippen LogP contribution in [0.15, 0.2) is 12.4 Å². The third kappa shape index (κ3) is 2.68. The number of aliphatic hydroxyl groups excluding tert-OH is 2. The number of rotatable bonds is 6. The summed E-state index contributed by atoms with van der Waals surface area (Å²) in [7, 11) is 0. The van der Waals surface area contributed by atoms with E-state index in [2.05, 4.69) is 15.4 Å².